The Balaban J connectivity index is 2.36. The van der Waals surface area contributed by atoms with Gasteiger partial charge in [0.2, 0.25) is 0 Å². The molecule has 0 aliphatic heterocycles. The Morgan fingerprint density at radius 3 is 3.00 bits per heavy atom. The van der Waals surface area contributed by atoms with Gasteiger partial charge in [0.1, 0.15) is 0 Å². The summed E-state index contributed by atoms with van der Waals surface area (Å²) in [5, 5.41) is 4.22. The van der Waals surface area contributed by atoms with Gasteiger partial charge in [-0.05, 0) is 19.9 Å². The van der Waals surface area contributed by atoms with E-state index in [0.29, 0.717) is 0 Å². The Morgan fingerprint density at radius 1 is 1.60 bits per heavy atom. The van der Waals surface area contributed by atoms with E-state index in [1.165, 1.54) is 0 Å². The fourth-order valence-electron chi connectivity index (χ4n) is 1.62. The van der Waals surface area contributed by atoms with Crippen molar-refractivity contribution in [2.75, 3.05) is 0 Å². The third-order valence-corrected chi connectivity index (χ3v) is 3.45. The van der Waals surface area contributed by atoms with Crippen LogP contribution >= 0.6 is 11.3 Å². The van der Waals surface area contributed by atoms with Crippen molar-refractivity contribution in [2.24, 2.45) is 5.73 Å². The van der Waals surface area contributed by atoms with E-state index >= 15 is 0 Å². The molecule has 0 saturated heterocycles. The summed E-state index contributed by atoms with van der Waals surface area (Å²) in [4.78, 5) is 5.33. The third kappa shape index (κ3) is 1.80. The topological polar surface area (TPSA) is 56.7 Å². The van der Waals surface area contributed by atoms with Crippen molar-refractivity contribution in [1.29, 1.82) is 0 Å². The van der Waals surface area contributed by atoms with Crippen LogP contribution in [0.25, 0.3) is 0 Å². The van der Waals surface area contributed by atoms with Gasteiger partial charge in [-0.1, -0.05) is 0 Å². The molecule has 0 radical (unpaired) electrons. The largest absolute Gasteiger partial charge is 0.318 e. The van der Waals surface area contributed by atoms with Crippen LogP contribution in [0.15, 0.2) is 17.8 Å². The lowest BCUT2D eigenvalue weighted by Gasteiger charge is -2.12. The number of hydrogen-bond donors (Lipinski definition) is 1. The SMILES string of the molecule is CCn1nccc1C(N)c1scnc1C. The van der Waals surface area contributed by atoms with Gasteiger partial charge < -0.3 is 5.73 Å². The molecule has 0 amide bonds. The summed E-state index contributed by atoms with van der Waals surface area (Å²) in [5.74, 6) is 0. The predicted octanol–water partition coefficient (Wildman–Crippen LogP) is 1.72. The van der Waals surface area contributed by atoms with E-state index in [9.17, 15) is 0 Å². The second kappa shape index (κ2) is 4.12. The Morgan fingerprint density at radius 2 is 2.40 bits per heavy atom. The normalized spacial score (nSPS) is 13.0. The van der Waals surface area contributed by atoms with Gasteiger partial charge in [0.15, 0.2) is 0 Å². The number of nitrogens with zero attached hydrogens (tertiary/aromatic N) is 3. The highest BCUT2D eigenvalue weighted by molar-refractivity contribution is 7.09. The zero-order valence-corrected chi connectivity index (χ0v) is 9.66. The molecular weight excluding hydrogens is 208 g/mol. The molecule has 2 N–H and O–H groups in total. The van der Waals surface area contributed by atoms with Crippen LogP contribution in [0.4, 0.5) is 0 Å². The first-order chi connectivity index (χ1) is 7.24. The number of thiazole rings is 1. The quantitative estimate of drug-likeness (QED) is 0.860. The van der Waals surface area contributed by atoms with Crippen molar-refractivity contribution in [3.8, 4) is 0 Å². The monoisotopic (exact) mass is 222 g/mol. The Bertz CT molecular complexity index is 446. The molecule has 5 heteroatoms. The van der Waals surface area contributed by atoms with Crippen LogP contribution in [0.1, 0.15) is 29.2 Å². The maximum absolute atomic E-state index is 6.19. The van der Waals surface area contributed by atoms with Gasteiger partial charge in [-0.25, -0.2) is 4.98 Å². The molecule has 0 bridgehead atoms. The number of nitrogens with two attached hydrogens (primary N) is 1. The summed E-state index contributed by atoms with van der Waals surface area (Å²) >= 11 is 1.60. The highest BCUT2D eigenvalue weighted by atomic mass is 32.1. The van der Waals surface area contributed by atoms with Crippen LogP contribution in [0.5, 0.6) is 0 Å². The standard InChI is InChI=1S/C10H14N4S/c1-3-14-8(4-5-13-14)9(11)10-7(2)12-6-15-10/h4-6,9H,3,11H2,1-2H3. The smallest absolute Gasteiger partial charge is 0.0835 e. The summed E-state index contributed by atoms with van der Waals surface area (Å²) < 4.78 is 1.92. The predicted molar refractivity (Wildman–Crippen MR) is 60.8 cm³/mol. The van der Waals surface area contributed by atoms with E-state index in [4.69, 9.17) is 5.73 Å². The van der Waals surface area contributed by atoms with Crippen molar-refractivity contribution in [1.82, 2.24) is 14.8 Å². The summed E-state index contributed by atoms with van der Waals surface area (Å²) in [6, 6.07) is 1.85. The molecule has 0 aliphatic rings. The van der Waals surface area contributed by atoms with E-state index in [1.807, 2.05) is 23.2 Å². The zero-order chi connectivity index (χ0) is 10.8. The van der Waals surface area contributed by atoms with Crippen molar-refractivity contribution < 1.29 is 0 Å². The van der Waals surface area contributed by atoms with Crippen LogP contribution in [-0.4, -0.2) is 14.8 Å². The minimum absolute atomic E-state index is 0.111. The first kappa shape index (κ1) is 10.3. The molecule has 0 spiro atoms. The van der Waals surface area contributed by atoms with Gasteiger partial charge in [0.05, 0.1) is 27.8 Å². The van der Waals surface area contributed by atoms with Crippen molar-refractivity contribution >= 4 is 11.3 Å². The molecule has 0 aromatic carbocycles. The average Bonchev–Trinajstić information content (AvgIpc) is 2.84. The molecule has 1 atom stereocenters. The van der Waals surface area contributed by atoms with Gasteiger partial charge in [-0.15, -0.1) is 11.3 Å². The zero-order valence-electron chi connectivity index (χ0n) is 8.84. The Kier molecular flexibility index (Phi) is 2.83. The molecule has 0 fully saturated rings. The highest BCUT2D eigenvalue weighted by Crippen LogP contribution is 2.25. The minimum atomic E-state index is -0.111. The average molecular weight is 222 g/mol. The maximum Gasteiger partial charge on any atom is 0.0835 e. The van der Waals surface area contributed by atoms with E-state index in [0.717, 1.165) is 22.8 Å². The van der Waals surface area contributed by atoms with E-state index in [-0.39, 0.29) is 6.04 Å². The summed E-state index contributed by atoms with van der Waals surface area (Å²) in [6.07, 6.45) is 1.79. The second-order valence-electron chi connectivity index (χ2n) is 3.35. The Hall–Kier alpha value is -1.20. The highest BCUT2D eigenvalue weighted by Gasteiger charge is 2.17. The lowest BCUT2D eigenvalue weighted by Crippen LogP contribution is -2.16. The molecule has 2 heterocycles. The van der Waals surface area contributed by atoms with Crippen LogP contribution in [0, 0.1) is 6.92 Å². The van der Waals surface area contributed by atoms with Gasteiger partial charge in [-0.2, -0.15) is 5.10 Å². The summed E-state index contributed by atoms with van der Waals surface area (Å²) in [7, 11) is 0. The molecule has 1 unspecified atom stereocenters. The Labute approximate surface area is 92.8 Å². The first-order valence-corrected chi connectivity index (χ1v) is 5.79. The van der Waals surface area contributed by atoms with Gasteiger partial charge in [0.25, 0.3) is 0 Å². The molecule has 4 nitrogen and oxygen atoms in total. The van der Waals surface area contributed by atoms with E-state index in [2.05, 4.69) is 17.0 Å². The second-order valence-corrected chi connectivity index (χ2v) is 4.24. The number of rotatable bonds is 3. The van der Waals surface area contributed by atoms with Crippen molar-refractivity contribution in [2.45, 2.75) is 26.4 Å². The van der Waals surface area contributed by atoms with Crippen LogP contribution in [0.2, 0.25) is 0 Å². The molecule has 2 rings (SSSR count). The molecular formula is C10H14N4S. The van der Waals surface area contributed by atoms with Gasteiger partial charge in [0, 0.05) is 12.7 Å². The van der Waals surface area contributed by atoms with Crippen molar-refractivity contribution in [3.63, 3.8) is 0 Å². The number of aromatic nitrogens is 3. The molecule has 80 valence electrons. The molecule has 0 saturated carbocycles. The molecule has 0 aliphatic carbocycles. The lowest BCUT2D eigenvalue weighted by atomic mass is 10.1. The van der Waals surface area contributed by atoms with Crippen LogP contribution in [0.3, 0.4) is 0 Å². The van der Waals surface area contributed by atoms with Gasteiger partial charge >= 0.3 is 0 Å². The third-order valence-electron chi connectivity index (χ3n) is 2.43. The van der Waals surface area contributed by atoms with E-state index < -0.39 is 0 Å². The molecule has 15 heavy (non-hydrogen) atoms. The fourth-order valence-corrected chi connectivity index (χ4v) is 2.43. The van der Waals surface area contributed by atoms with E-state index in [1.54, 1.807) is 17.5 Å². The van der Waals surface area contributed by atoms with Crippen LogP contribution < -0.4 is 5.73 Å². The molecule has 2 aromatic rings. The summed E-state index contributed by atoms with van der Waals surface area (Å²) in [6.45, 7) is 4.88. The molecule has 2 aromatic heterocycles. The maximum atomic E-state index is 6.19. The number of hydrogen-bond acceptors (Lipinski definition) is 4. The van der Waals surface area contributed by atoms with Crippen LogP contribution in [-0.2, 0) is 6.54 Å². The van der Waals surface area contributed by atoms with Crippen molar-refractivity contribution in [3.05, 3.63) is 34.0 Å². The first-order valence-electron chi connectivity index (χ1n) is 4.91. The summed E-state index contributed by atoms with van der Waals surface area (Å²) in [5.41, 5.74) is 10.1. The fraction of sp³-hybridized carbons (Fsp3) is 0.400. The van der Waals surface area contributed by atoms with Gasteiger partial charge in [-0.3, -0.25) is 4.68 Å². The minimum Gasteiger partial charge on any atom is -0.318 e. The number of aryl methyl sites for hydroxylation is 2. The lowest BCUT2D eigenvalue weighted by molar-refractivity contribution is 0.602.